The Balaban J connectivity index is 3.90. The van der Waals surface area contributed by atoms with Crippen LogP contribution in [0.4, 0.5) is 0 Å². The molecule has 0 saturated heterocycles. The summed E-state index contributed by atoms with van der Waals surface area (Å²) in [6, 6.07) is 0. The average Bonchev–Trinajstić information content (AvgIpc) is 3.41. The van der Waals surface area contributed by atoms with Crippen LogP contribution in [0.3, 0.4) is 0 Å². The van der Waals surface area contributed by atoms with Crippen molar-refractivity contribution in [3.05, 3.63) is 0 Å². The van der Waals surface area contributed by atoms with E-state index in [-0.39, 0.29) is 31.1 Å². The van der Waals surface area contributed by atoms with Gasteiger partial charge in [0, 0.05) is 19.3 Å². The first-order valence-electron chi connectivity index (χ1n) is 34.5. The van der Waals surface area contributed by atoms with E-state index in [0.29, 0.717) is 19.3 Å². The number of unbranched alkanes of at least 4 members (excludes halogenated alkanes) is 54. The Bertz CT molecular complexity index is 1120. The minimum absolute atomic E-state index is 0.0622. The van der Waals surface area contributed by atoms with Crippen molar-refractivity contribution in [3.8, 4) is 0 Å². The number of hydrogen-bond donors (Lipinski definition) is 0. The lowest BCUT2D eigenvalue weighted by molar-refractivity contribution is -0.167. The Morgan fingerprint density at radius 3 is 0.533 bits per heavy atom. The van der Waals surface area contributed by atoms with Gasteiger partial charge in [-0.05, 0) is 19.3 Å². The first kappa shape index (κ1) is 73.4. The molecule has 1 atom stereocenters. The van der Waals surface area contributed by atoms with E-state index in [1.807, 2.05) is 0 Å². The highest BCUT2D eigenvalue weighted by Gasteiger charge is 2.19. The summed E-state index contributed by atoms with van der Waals surface area (Å²) in [4.78, 5) is 38.0. The first-order chi connectivity index (χ1) is 37.0. The largest absolute Gasteiger partial charge is 0.462 e. The normalized spacial score (nSPS) is 11.9. The molecule has 0 spiro atoms. The van der Waals surface area contributed by atoms with Crippen LogP contribution in [0.2, 0.25) is 0 Å². The molecule has 0 heterocycles. The molecular weight excluding hydrogens is 925 g/mol. The molecular formula is C69H134O6. The molecule has 1 unspecified atom stereocenters. The molecule has 0 aliphatic heterocycles. The topological polar surface area (TPSA) is 78.9 Å². The van der Waals surface area contributed by atoms with E-state index < -0.39 is 6.10 Å². The second-order valence-corrected chi connectivity index (χ2v) is 23.8. The predicted molar refractivity (Wildman–Crippen MR) is 326 cm³/mol. The van der Waals surface area contributed by atoms with Crippen LogP contribution in [0.5, 0.6) is 0 Å². The molecule has 0 rings (SSSR count). The number of carbonyl (C=O) groups is 3. The Morgan fingerprint density at radius 2 is 0.360 bits per heavy atom. The van der Waals surface area contributed by atoms with Gasteiger partial charge >= 0.3 is 17.9 Å². The zero-order valence-corrected chi connectivity index (χ0v) is 51.4. The van der Waals surface area contributed by atoms with Gasteiger partial charge in [0.25, 0.3) is 0 Å². The molecule has 0 aromatic rings. The standard InChI is InChI=1S/C69H134O6/c1-4-7-10-13-15-17-19-21-23-25-27-29-31-33-34-35-36-38-39-41-43-45-47-49-51-53-56-59-62-68(71)74-65-66(64-73-67(70)61-58-55-12-9-6-3)75-69(72)63-60-57-54-52-50-48-46-44-42-40-37-32-30-28-26-24-22-20-18-16-14-11-8-5-2/h66H,4-65H2,1-3H3. The fourth-order valence-corrected chi connectivity index (χ4v) is 10.9. The Kier molecular flexibility index (Phi) is 63.6. The van der Waals surface area contributed by atoms with Gasteiger partial charge in [-0.25, -0.2) is 0 Å². The van der Waals surface area contributed by atoms with Crippen LogP contribution in [-0.2, 0) is 28.6 Å². The maximum atomic E-state index is 12.8. The maximum Gasteiger partial charge on any atom is 0.306 e. The molecule has 0 saturated carbocycles. The first-order valence-corrected chi connectivity index (χ1v) is 34.5. The van der Waals surface area contributed by atoms with Crippen LogP contribution >= 0.6 is 0 Å². The fraction of sp³-hybridized carbons (Fsp3) is 0.957. The van der Waals surface area contributed by atoms with E-state index in [9.17, 15) is 14.4 Å². The summed E-state index contributed by atoms with van der Waals surface area (Å²) in [5.41, 5.74) is 0. The van der Waals surface area contributed by atoms with Gasteiger partial charge in [-0.3, -0.25) is 14.4 Å². The van der Waals surface area contributed by atoms with E-state index in [2.05, 4.69) is 20.8 Å². The van der Waals surface area contributed by atoms with Crippen molar-refractivity contribution < 1.29 is 28.6 Å². The van der Waals surface area contributed by atoms with Crippen molar-refractivity contribution in [2.45, 2.75) is 412 Å². The molecule has 75 heavy (non-hydrogen) atoms. The molecule has 0 aliphatic rings. The van der Waals surface area contributed by atoms with Gasteiger partial charge in [0.15, 0.2) is 6.10 Å². The summed E-state index contributed by atoms with van der Waals surface area (Å²) >= 11 is 0. The second-order valence-electron chi connectivity index (χ2n) is 23.8. The molecule has 0 N–H and O–H groups in total. The zero-order valence-electron chi connectivity index (χ0n) is 51.4. The molecule has 0 aromatic heterocycles. The van der Waals surface area contributed by atoms with Crippen molar-refractivity contribution in [2.24, 2.45) is 0 Å². The van der Waals surface area contributed by atoms with Gasteiger partial charge in [0.1, 0.15) is 13.2 Å². The molecule has 6 nitrogen and oxygen atoms in total. The zero-order chi connectivity index (χ0) is 54.3. The summed E-state index contributed by atoms with van der Waals surface area (Å²) in [6.45, 7) is 6.65. The van der Waals surface area contributed by atoms with Crippen LogP contribution in [-0.4, -0.2) is 37.2 Å². The highest BCUT2D eigenvalue weighted by molar-refractivity contribution is 5.71. The van der Waals surface area contributed by atoms with Crippen molar-refractivity contribution >= 4 is 17.9 Å². The third kappa shape index (κ3) is 63.1. The third-order valence-electron chi connectivity index (χ3n) is 16.1. The molecule has 0 aromatic carbocycles. The van der Waals surface area contributed by atoms with Crippen molar-refractivity contribution in [1.82, 2.24) is 0 Å². The highest BCUT2D eigenvalue weighted by Crippen LogP contribution is 2.19. The van der Waals surface area contributed by atoms with Crippen LogP contribution in [0.15, 0.2) is 0 Å². The monoisotopic (exact) mass is 1060 g/mol. The quantitative estimate of drug-likeness (QED) is 0.0343. The Hall–Kier alpha value is -1.59. The molecule has 0 amide bonds. The molecule has 0 fully saturated rings. The van der Waals surface area contributed by atoms with E-state index in [1.165, 1.54) is 302 Å². The van der Waals surface area contributed by atoms with E-state index in [0.717, 1.165) is 64.2 Å². The van der Waals surface area contributed by atoms with Crippen LogP contribution in [0.25, 0.3) is 0 Å². The minimum atomic E-state index is -0.761. The van der Waals surface area contributed by atoms with Gasteiger partial charge in [-0.2, -0.15) is 0 Å². The van der Waals surface area contributed by atoms with E-state index in [1.54, 1.807) is 0 Å². The Morgan fingerprint density at radius 1 is 0.213 bits per heavy atom. The number of esters is 3. The summed E-state index contributed by atoms with van der Waals surface area (Å²) in [5, 5.41) is 0. The van der Waals surface area contributed by atoms with Gasteiger partial charge in [0.2, 0.25) is 0 Å². The molecule has 0 bridgehead atoms. The van der Waals surface area contributed by atoms with E-state index >= 15 is 0 Å². The second kappa shape index (κ2) is 64.9. The van der Waals surface area contributed by atoms with Crippen LogP contribution in [0, 0.1) is 0 Å². The summed E-state index contributed by atoms with van der Waals surface area (Å²) < 4.78 is 16.8. The van der Waals surface area contributed by atoms with Gasteiger partial charge < -0.3 is 14.2 Å². The SMILES string of the molecule is CCCCCCCCCCCCCCCCCCCCCCCCCCCCCCC(=O)OCC(COC(=O)CCCCCCC)OC(=O)CCCCCCCCCCCCCCCCCCCCCCCCCC. The molecule has 0 aliphatic carbocycles. The lowest BCUT2D eigenvalue weighted by Gasteiger charge is -2.18. The lowest BCUT2D eigenvalue weighted by atomic mass is 10.0. The van der Waals surface area contributed by atoms with Gasteiger partial charge in [-0.15, -0.1) is 0 Å². The van der Waals surface area contributed by atoms with Gasteiger partial charge in [0.05, 0.1) is 0 Å². The number of hydrogen-bond acceptors (Lipinski definition) is 6. The van der Waals surface area contributed by atoms with Crippen LogP contribution < -0.4 is 0 Å². The predicted octanol–water partition coefficient (Wildman–Crippen LogP) is 23.5. The smallest absolute Gasteiger partial charge is 0.306 e. The average molecular weight is 1060 g/mol. The summed E-state index contributed by atoms with van der Waals surface area (Å²) in [6.07, 6.45) is 76.2. The van der Waals surface area contributed by atoms with Crippen molar-refractivity contribution in [3.63, 3.8) is 0 Å². The van der Waals surface area contributed by atoms with Gasteiger partial charge in [-0.1, -0.05) is 367 Å². The van der Waals surface area contributed by atoms with Crippen LogP contribution in [0.1, 0.15) is 406 Å². The molecule has 6 heteroatoms. The lowest BCUT2D eigenvalue weighted by Crippen LogP contribution is -2.30. The maximum absolute atomic E-state index is 12.8. The molecule has 0 radical (unpaired) electrons. The van der Waals surface area contributed by atoms with Crippen molar-refractivity contribution in [1.29, 1.82) is 0 Å². The number of ether oxygens (including phenoxy) is 3. The highest BCUT2D eigenvalue weighted by atomic mass is 16.6. The van der Waals surface area contributed by atoms with E-state index in [4.69, 9.17) is 14.2 Å². The fourth-order valence-electron chi connectivity index (χ4n) is 10.9. The Labute approximate surface area is 469 Å². The third-order valence-corrected chi connectivity index (χ3v) is 16.1. The van der Waals surface area contributed by atoms with Crippen molar-refractivity contribution in [2.75, 3.05) is 13.2 Å². The minimum Gasteiger partial charge on any atom is -0.462 e. The number of carbonyl (C=O) groups excluding carboxylic acids is 3. The molecule has 446 valence electrons. The summed E-state index contributed by atoms with van der Waals surface area (Å²) in [7, 11) is 0. The number of rotatable bonds is 65. The summed E-state index contributed by atoms with van der Waals surface area (Å²) in [5.74, 6) is -0.843.